The van der Waals surface area contributed by atoms with E-state index in [9.17, 15) is 8.42 Å². The zero-order valence-corrected chi connectivity index (χ0v) is 17.3. The van der Waals surface area contributed by atoms with Crippen LogP contribution in [0, 0.1) is 13.8 Å². The lowest BCUT2D eigenvalue weighted by atomic mass is 10.1. The SMILES string of the molecule is Cc1noc(C)c1S(=O)(=O)Nc1ccccc1CCc1nc2ccccc2n1C. The first-order chi connectivity index (χ1) is 13.9. The van der Waals surface area contributed by atoms with Crippen LogP contribution in [0.3, 0.4) is 0 Å². The number of anilines is 1. The van der Waals surface area contributed by atoms with Crippen LogP contribution in [0.2, 0.25) is 0 Å². The van der Waals surface area contributed by atoms with Crippen molar-refractivity contribution in [1.29, 1.82) is 0 Å². The molecule has 0 saturated carbocycles. The highest BCUT2D eigenvalue weighted by Gasteiger charge is 2.25. The predicted octanol–water partition coefficient (Wildman–Crippen LogP) is 3.76. The summed E-state index contributed by atoms with van der Waals surface area (Å²) in [6.45, 7) is 3.20. The zero-order chi connectivity index (χ0) is 20.6. The first-order valence-corrected chi connectivity index (χ1v) is 10.8. The summed E-state index contributed by atoms with van der Waals surface area (Å²) in [6, 6.07) is 15.4. The van der Waals surface area contributed by atoms with Gasteiger partial charge in [-0.25, -0.2) is 13.4 Å². The van der Waals surface area contributed by atoms with Gasteiger partial charge in [0, 0.05) is 13.5 Å². The van der Waals surface area contributed by atoms with Crippen LogP contribution in [0.4, 0.5) is 5.69 Å². The maximum absolute atomic E-state index is 12.9. The van der Waals surface area contributed by atoms with Crippen LogP contribution >= 0.6 is 0 Å². The largest absolute Gasteiger partial charge is 0.360 e. The number of aromatic nitrogens is 3. The van der Waals surface area contributed by atoms with Gasteiger partial charge in [0.25, 0.3) is 10.0 Å². The second kappa shape index (κ2) is 7.36. The third kappa shape index (κ3) is 3.63. The molecule has 150 valence electrons. The molecule has 1 N–H and O–H groups in total. The number of benzene rings is 2. The van der Waals surface area contributed by atoms with Crippen LogP contribution in [0.25, 0.3) is 11.0 Å². The van der Waals surface area contributed by atoms with Crippen molar-refractivity contribution >= 4 is 26.7 Å². The highest BCUT2D eigenvalue weighted by atomic mass is 32.2. The van der Waals surface area contributed by atoms with E-state index in [1.807, 2.05) is 49.5 Å². The monoisotopic (exact) mass is 410 g/mol. The lowest BCUT2D eigenvalue weighted by molar-refractivity contribution is 0.390. The van der Waals surface area contributed by atoms with Crippen LogP contribution in [-0.4, -0.2) is 23.1 Å². The van der Waals surface area contributed by atoms with E-state index in [2.05, 4.69) is 14.4 Å². The van der Waals surface area contributed by atoms with Gasteiger partial charge in [-0.2, -0.15) is 0 Å². The van der Waals surface area contributed by atoms with Crippen LogP contribution in [0.5, 0.6) is 0 Å². The Morgan fingerprint density at radius 2 is 1.76 bits per heavy atom. The van der Waals surface area contributed by atoms with Crippen molar-refractivity contribution in [3.63, 3.8) is 0 Å². The van der Waals surface area contributed by atoms with E-state index in [-0.39, 0.29) is 10.7 Å². The van der Waals surface area contributed by atoms with E-state index >= 15 is 0 Å². The smallest absolute Gasteiger partial charge is 0.267 e. The molecule has 0 aliphatic rings. The van der Waals surface area contributed by atoms with E-state index < -0.39 is 10.0 Å². The Balaban J connectivity index is 1.59. The molecule has 2 aromatic heterocycles. The Labute approximate surface area is 169 Å². The highest BCUT2D eigenvalue weighted by Crippen LogP contribution is 2.25. The van der Waals surface area contributed by atoms with Gasteiger partial charge >= 0.3 is 0 Å². The number of hydrogen-bond acceptors (Lipinski definition) is 5. The summed E-state index contributed by atoms with van der Waals surface area (Å²) in [5, 5.41) is 3.75. The molecule has 7 nitrogen and oxygen atoms in total. The number of rotatable bonds is 6. The van der Waals surface area contributed by atoms with Crippen molar-refractivity contribution in [3.8, 4) is 0 Å². The molecule has 0 bridgehead atoms. The molecule has 29 heavy (non-hydrogen) atoms. The van der Waals surface area contributed by atoms with Crippen molar-refractivity contribution in [1.82, 2.24) is 14.7 Å². The van der Waals surface area contributed by atoms with Crippen LogP contribution in [0.1, 0.15) is 22.8 Å². The summed E-state index contributed by atoms with van der Waals surface area (Å²) in [7, 11) is -1.80. The molecule has 0 radical (unpaired) electrons. The van der Waals surface area contributed by atoms with Gasteiger partial charge in [-0.15, -0.1) is 0 Å². The van der Waals surface area contributed by atoms with E-state index in [1.165, 1.54) is 0 Å². The summed E-state index contributed by atoms with van der Waals surface area (Å²) in [6.07, 6.45) is 1.34. The Kier molecular flexibility index (Phi) is 4.87. The van der Waals surface area contributed by atoms with Gasteiger partial charge < -0.3 is 9.09 Å². The minimum atomic E-state index is -3.79. The zero-order valence-electron chi connectivity index (χ0n) is 16.5. The molecular formula is C21H22N4O3S. The Bertz CT molecular complexity index is 1270. The summed E-state index contributed by atoms with van der Waals surface area (Å²) >= 11 is 0. The molecular weight excluding hydrogens is 388 g/mol. The highest BCUT2D eigenvalue weighted by molar-refractivity contribution is 7.92. The number of nitrogens with one attached hydrogen (secondary N) is 1. The average Bonchev–Trinajstić information content (AvgIpc) is 3.20. The quantitative estimate of drug-likeness (QED) is 0.523. The summed E-state index contributed by atoms with van der Waals surface area (Å²) < 4.78 is 35.5. The predicted molar refractivity (Wildman–Crippen MR) is 111 cm³/mol. The summed E-state index contributed by atoms with van der Waals surface area (Å²) in [5.74, 6) is 1.22. The fourth-order valence-corrected chi connectivity index (χ4v) is 4.99. The number of sulfonamides is 1. The second-order valence-electron chi connectivity index (χ2n) is 6.99. The van der Waals surface area contributed by atoms with E-state index in [0.717, 1.165) is 22.4 Å². The van der Waals surface area contributed by atoms with Crippen LogP contribution in [0.15, 0.2) is 57.9 Å². The van der Waals surface area contributed by atoms with Crippen LogP contribution in [-0.2, 0) is 29.9 Å². The minimum Gasteiger partial charge on any atom is -0.360 e. The molecule has 0 spiro atoms. The molecule has 0 unspecified atom stereocenters. The van der Waals surface area contributed by atoms with E-state index in [4.69, 9.17) is 9.51 Å². The van der Waals surface area contributed by atoms with Gasteiger partial charge in [-0.3, -0.25) is 4.72 Å². The van der Waals surface area contributed by atoms with Crippen molar-refractivity contribution in [2.24, 2.45) is 7.05 Å². The first kappa shape index (κ1) is 19.2. The van der Waals surface area contributed by atoms with Gasteiger partial charge in [0.05, 0.1) is 16.7 Å². The molecule has 8 heteroatoms. The summed E-state index contributed by atoms with van der Waals surface area (Å²) in [5.41, 5.74) is 3.82. The topological polar surface area (TPSA) is 90.0 Å². The molecule has 4 rings (SSSR count). The molecule has 2 heterocycles. The Hall–Kier alpha value is -3.13. The molecule has 0 aliphatic carbocycles. The number of fused-ring (bicyclic) bond motifs is 1. The fraction of sp³-hybridized carbons (Fsp3) is 0.238. The molecule has 4 aromatic rings. The first-order valence-electron chi connectivity index (χ1n) is 9.31. The van der Waals surface area contributed by atoms with Crippen molar-refractivity contribution in [2.75, 3.05) is 4.72 Å². The Morgan fingerprint density at radius 3 is 2.48 bits per heavy atom. The average molecular weight is 410 g/mol. The normalized spacial score (nSPS) is 11.8. The van der Waals surface area contributed by atoms with Crippen LogP contribution < -0.4 is 4.72 Å². The number of imidazole rings is 1. The number of nitrogens with zero attached hydrogens (tertiary/aromatic N) is 3. The van der Waals surface area contributed by atoms with Gasteiger partial charge in [0.2, 0.25) is 0 Å². The lowest BCUT2D eigenvalue weighted by Crippen LogP contribution is -2.16. The standard InChI is InChI=1S/C21H22N4O3S/c1-14-21(15(2)28-23-14)29(26,27)24-17-9-5-4-8-16(17)12-13-20-22-18-10-6-7-11-19(18)25(20)3/h4-11,24H,12-13H2,1-3H3. The van der Waals surface area contributed by atoms with E-state index in [0.29, 0.717) is 24.2 Å². The lowest BCUT2D eigenvalue weighted by Gasteiger charge is -2.12. The van der Waals surface area contributed by atoms with Crippen molar-refractivity contribution in [3.05, 3.63) is 71.4 Å². The van der Waals surface area contributed by atoms with E-state index in [1.54, 1.807) is 19.9 Å². The Morgan fingerprint density at radius 1 is 1.03 bits per heavy atom. The number of para-hydroxylation sites is 3. The molecule has 0 amide bonds. The van der Waals surface area contributed by atoms with Crippen molar-refractivity contribution < 1.29 is 12.9 Å². The molecule has 0 fully saturated rings. The maximum atomic E-state index is 12.9. The van der Waals surface area contributed by atoms with Gasteiger partial charge in [0.15, 0.2) is 10.7 Å². The maximum Gasteiger partial charge on any atom is 0.267 e. The van der Waals surface area contributed by atoms with Gasteiger partial charge in [-0.1, -0.05) is 35.5 Å². The number of hydrogen-bond donors (Lipinski definition) is 1. The second-order valence-corrected chi connectivity index (χ2v) is 8.61. The minimum absolute atomic E-state index is 0.0858. The summed E-state index contributed by atoms with van der Waals surface area (Å²) in [4.78, 5) is 4.78. The fourth-order valence-electron chi connectivity index (χ4n) is 3.56. The van der Waals surface area contributed by atoms with Gasteiger partial charge in [-0.05, 0) is 44.0 Å². The number of aryl methyl sites for hydroxylation is 5. The van der Waals surface area contributed by atoms with Gasteiger partial charge in [0.1, 0.15) is 11.5 Å². The third-order valence-corrected chi connectivity index (χ3v) is 6.60. The van der Waals surface area contributed by atoms with Crippen molar-refractivity contribution in [2.45, 2.75) is 31.6 Å². The molecule has 0 saturated heterocycles. The molecule has 0 atom stereocenters. The molecule has 0 aliphatic heterocycles. The third-order valence-electron chi connectivity index (χ3n) is 5.00. The molecule has 2 aromatic carbocycles.